The summed E-state index contributed by atoms with van der Waals surface area (Å²) in [6.45, 7) is 10.1. The molecule has 0 heterocycles. The van der Waals surface area contributed by atoms with E-state index in [0.717, 1.165) is 9.87 Å². The number of carbonyl (C=O) groups is 1. The highest BCUT2D eigenvalue weighted by Gasteiger charge is 2.27. The van der Waals surface area contributed by atoms with Crippen LogP contribution in [-0.2, 0) is 20.2 Å². The second-order valence-electron chi connectivity index (χ2n) is 9.31. The first-order chi connectivity index (χ1) is 17.0. The zero-order valence-corrected chi connectivity index (χ0v) is 22.2. The molecule has 36 heavy (non-hydrogen) atoms. The number of hydrogen-bond acceptors (Lipinski definition) is 5. The summed E-state index contributed by atoms with van der Waals surface area (Å²) in [5.41, 5.74) is 5.59. The number of anilines is 1. The Labute approximate surface area is 213 Å². The minimum Gasteiger partial charge on any atom is -0.494 e. The van der Waals surface area contributed by atoms with E-state index in [4.69, 9.17) is 4.74 Å². The molecule has 0 radical (unpaired) electrons. The minimum atomic E-state index is -4.02. The second kappa shape index (κ2) is 11.4. The number of amides is 1. The minimum absolute atomic E-state index is 0.0352. The number of hydrogen-bond donors (Lipinski definition) is 1. The first-order valence-electron chi connectivity index (χ1n) is 11.8. The van der Waals surface area contributed by atoms with Crippen molar-refractivity contribution in [2.24, 2.45) is 5.10 Å². The number of benzene rings is 3. The van der Waals surface area contributed by atoms with E-state index in [1.54, 1.807) is 49.4 Å². The number of nitrogens with zero attached hydrogens (tertiary/aromatic N) is 2. The van der Waals surface area contributed by atoms with Gasteiger partial charge in [-0.3, -0.25) is 9.10 Å². The Morgan fingerprint density at radius 2 is 1.56 bits per heavy atom. The van der Waals surface area contributed by atoms with Crippen LogP contribution in [0.4, 0.5) is 5.69 Å². The summed E-state index contributed by atoms with van der Waals surface area (Å²) in [7, 11) is -4.02. The maximum atomic E-state index is 13.5. The lowest BCUT2D eigenvalue weighted by Gasteiger charge is -2.23. The fourth-order valence-corrected chi connectivity index (χ4v) is 4.92. The third kappa shape index (κ3) is 6.73. The average molecular weight is 508 g/mol. The zero-order valence-electron chi connectivity index (χ0n) is 21.4. The number of para-hydroxylation sites is 1. The van der Waals surface area contributed by atoms with Gasteiger partial charge < -0.3 is 4.74 Å². The van der Waals surface area contributed by atoms with Gasteiger partial charge in [0.05, 0.1) is 22.9 Å². The van der Waals surface area contributed by atoms with Crippen molar-refractivity contribution in [3.05, 3.63) is 90.0 Å². The Morgan fingerprint density at radius 3 is 2.11 bits per heavy atom. The van der Waals surface area contributed by atoms with E-state index >= 15 is 0 Å². The first kappa shape index (κ1) is 26.9. The van der Waals surface area contributed by atoms with E-state index in [1.807, 2.05) is 31.2 Å². The quantitative estimate of drug-likeness (QED) is 0.322. The largest absolute Gasteiger partial charge is 0.494 e. The van der Waals surface area contributed by atoms with Gasteiger partial charge in [-0.05, 0) is 66.8 Å². The van der Waals surface area contributed by atoms with Gasteiger partial charge in [0, 0.05) is 0 Å². The van der Waals surface area contributed by atoms with Gasteiger partial charge >= 0.3 is 0 Å². The summed E-state index contributed by atoms with van der Waals surface area (Å²) in [4.78, 5) is 12.9. The summed E-state index contributed by atoms with van der Waals surface area (Å²) in [5, 5.41) is 4.20. The molecule has 0 aliphatic heterocycles. The molecule has 0 atom stereocenters. The Balaban J connectivity index is 1.80. The van der Waals surface area contributed by atoms with Crippen LogP contribution in [0.25, 0.3) is 0 Å². The average Bonchev–Trinajstić information content (AvgIpc) is 2.86. The molecule has 0 aliphatic rings. The molecule has 1 N–H and O–H groups in total. The maximum absolute atomic E-state index is 13.5. The van der Waals surface area contributed by atoms with Crippen LogP contribution in [-0.4, -0.2) is 33.2 Å². The Morgan fingerprint density at radius 1 is 0.944 bits per heavy atom. The lowest BCUT2D eigenvalue weighted by molar-refractivity contribution is -0.119. The molecule has 0 fully saturated rings. The van der Waals surface area contributed by atoms with Crippen molar-refractivity contribution in [1.82, 2.24) is 5.43 Å². The molecule has 3 aromatic carbocycles. The fourth-order valence-electron chi connectivity index (χ4n) is 3.50. The number of nitrogens with one attached hydrogen (secondary N) is 1. The molecule has 8 heteroatoms. The summed E-state index contributed by atoms with van der Waals surface area (Å²) < 4.78 is 33.4. The van der Waals surface area contributed by atoms with E-state index in [0.29, 0.717) is 23.8 Å². The van der Waals surface area contributed by atoms with E-state index < -0.39 is 22.5 Å². The lowest BCUT2D eigenvalue weighted by atomic mass is 9.86. The summed E-state index contributed by atoms with van der Waals surface area (Å²) in [5.74, 6) is 0.0137. The molecule has 190 valence electrons. The molecule has 3 rings (SSSR count). The fraction of sp³-hybridized carbons (Fsp3) is 0.286. The first-order valence-corrected chi connectivity index (χ1v) is 13.2. The van der Waals surface area contributed by atoms with Crippen molar-refractivity contribution in [3.8, 4) is 5.75 Å². The Kier molecular flexibility index (Phi) is 8.53. The molecule has 0 aromatic heterocycles. The van der Waals surface area contributed by atoms with Gasteiger partial charge in [0.2, 0.25) is 0 Å². The zero-order chi connectivity index (χ0) is 26.3. The van der Waals surface area contributed by atoms with E-state index in [-0.39, 0.29) is 10.3 Å². The van der Waals surface area contributed by atoms with Crippen LogP contribution in [0, 0.1) is 0 Å². The molecule has 0 saturated carbocycles. The molecule has 7 nitrogen and oxygen atoms in total. The van der Waals surface area contributed by atoms with Crippen molar-refractivity contribution >= 4 is 27.3 Å². The Hall–Kier alpha value is -3.65. The SMILES string of the molecule is CCOc1ccc(S(=O)(=O)N(CC(=O)N/N=C(/C)c2ccc(C(C)(C)C)cc2)c2ccccc2)cc1. The third-order valence-corrected chi connectivity index (χ3v) is 7.36. The molecule has 0 unspecified atom stereocenters. The molecule has 0 spiro atoms. The van der Waals surface area contributed by atoms with Gasteiger partial charge in [-0.2, -0.15) is 5.10 Å². The second-order valence-corrected chi connectivity index (χ2v) is 11.2. The van der Waals surface area contributed by atoms with Crippen molar-refractivity contribution in [1.29, 1.82) is 0 Å². The van der Waals surface area contributed by atoms with Crippen molar-refractivity contribution < 1.29 is 17.9 Å². The maximum Gasteiger partial charge on any atom is 0.264 e. The van der Waals surface area contributed by atoms with Crippen molar-refractivity contribution in [2.45, 2.75) is 44.9 Å². The molecule has 1 amide bonds. The molecule has 3 aromatic rings. The van der Waals surface area contributed by atoms with Crippen LogP contribution in [0.1, 0.15) is 45.7 Å². The van der Waals surface area contributed by atoms with Crippen LogP contribution < -0.4 is 14.5 Å². The van der Waals surface area contributed by atoms with Gasteiger partial charge in [-0.15, -0.1) is 0 Å². The smallest absolute Gasteiger partial charge is 0.264 e. The van der Waals surface area contributed by atoms with Gasteiger partial charge in [0.1, 0.15) is 12.3 Å². The van der Waals surface area contributed by atoms with Crippen molar-refractivity contribution in [2.75, 3.05) is 17.5 Å². The van der Waals surface area contributed by atoms with E-state index in [9.17, 15) is 13.2 Å². The Bertz CT molecular complexity index is 1300. The van der Waals surface area contributed by atoms with Crippen LogP contribution in [0.2, 0.25) is 0 Å². The molecule has 0 aliphatic carbocycles. The van der Waals surface area contributed by atoms with Crippen LogP contribution >= 0.6 is 0 Å². The highest BCUT2D eigenvalue weighted by molar-refractivity contribution is 7.92. The number of carbonyl (C=O) groups excluding carboxylic acids is 1. The van der Waals surface area contributed by atoms with E-state index in [2.05, 4.69) is 31.3 Å². The van der Waals surface area contributed by atoms with Gasteiger partial charge in [0.15, 0.2) is 0 Å². The van der Waals surface area contributed by atoms with Crippen molar-refractivity contribution in [3.63, 3.8) is 0 Å². The number of ether oxygens (including phenoxy) is 1. The molecular formula is C28H33N3O4S. The monoisotopic (exact) mass is 507 g/mol. The molecule has 0 bridgehead atoms. The standard InChI is InChI=1S/C28H33N3O4S/c1-6-35-25-16-18-26(19-17-25)36(33,34)31(24-10-8-7-9-11-24)20-27(32)30-29-21(2)22-12-14-23(15-13-22)28(3,4)5/h7-19H,6,20H2,1-5H3,(H,30,32)/b29-21-. The number of hydrazone groups is 1. The highest BCUT2D eigenvalue weighted by Crippen LogP contribution is 2.25. The lowest BCUT2D eigenvalue weighted by Crippen LogP contribution is -2.39. The highest BCUT2D eigenvalue weighted by atomic mass is 32.2. The molecule has 0 saturated heterocycles. The molecular weight excluding hydrogens is 474 g/mol. The normalized spacial score (nSPS) is 12.2. The van der Waals surface area contributed by atoms with Gasteiger partial charge in [0.25, 0.3) is 15.9 Å². The summed E-state index contributed by atoms with van der Waals surface area (Å²) in [6.07, 6.45) is 0. The van der Waals surface area contributed by atoms with Crippen LogP contribution in [0.15, 0.2) is 88.9 Å². The van der Waals surface area contributed by atoms with Gasteiger partial charge in [-0.25, -0.2) is 13.8 Å². The van der Waals surface area contributed by atoms with Crippen LogP contribution in [0.5, 0.6) is 5.75 Å². The predicted molar refractivity (Wildman–Crippen MR) is 144 cm³/mol. The number of sulfonamides is 1. The summed E-state index contributed by atoms with van der Waals surface area (Å²) in [6, 6.07) is 22.6. The summed E-state index contributed by atoms with van der Waals surface area (Å²) >= 11 is 0. The number of rotatable bonds is 9. The van der Waals surface area contributed by atoms with Gasteiger partial charge in [-0.1, -0.05) is 63.2 Å². The predicted octanol–water partition coefficient (Wildman–Crippen LogP) is 5.12. The van der Waals surface area contributed by atoms with E-state index in [1.165, 1.54) is 17.7 Å². The van der Waals surface area contributed by atoms with Crippen LogP contribution in [0.3, 0.4) is 0 Å². The third-order valence-electron chi connectivity index (χ3n) is 5.57. The topological polar surface area (TPSA) is 88.1 Å².